The molecule has 3 rings (SSSR count). The number of rotatable bonds is 5. The number of H-pyrrole nitrogens is 1. The maximum atomic E-state index is 11.9. The fraction of sp³-hybridized carbons (Fsp3) is 0.526. The van der Waals surface area contributed by atoms with Crippen LogP contribution in [0.5, 0.6) is 0 Å². The van der Waals surface area contributed by atoms with Gasteiger partial charge in [0, 0.05) is 45.8 Å². The number of nitrogens with one attached hydrogen (secondary N) is 1. The number of hydrogen-bond acceptors (Lipinski definition) is 8. The van der Waals surface area contributed by atoms with Gasteiger partial charge >= 0.3 is 0 Å². The van der Waals surface area contributed by atoms with Crippen LogP contribution in [0.2, 0.25) is 0 Å². The molecule has 2 aromatic rings. The number of anilines is 2. The van der Waals surface area contributed by atoms with Gasteiger partial charge in [0.2, 0.25) is 5.95 Å². The fourth-order valence-corrected chi connectivity index (χ4v) is 3.42. The molecule has 3 heterocycles. The number of aryl methyl sites for hydroxylation is 1. The second-order valence-electron chi connectivity index (χ2n) is 7.48. The van der Waals surface area contributed by atoms with Crippen LogP contribution < -0.4 is 15.4 Å². The van der Waals surface area contributed by atoms with Crippen LogP contribution in [0.15, 0.2) is 10.9 Å². The number of aromatic nitrogens is 4. The lowest BCUT2D eigenvalue weighted by Crippen LogP contribution is -2.35. The van der Waals surface area contributed by atoms with E-state index in [0.29, 0.717) is 23.9 Å². The quantitative estimate of drug-likeness (QED) is 0.810. The van der Waals surface area contributed by atoms with Crippen molar-refractivity contribution in [1.82, 2.24) is 25.1 Å². The highest BCUT2D eigenvalue weighted by Crippen LogP contribution is 2.26. The zero-order valence-corrected chi connectivity index (χ0v) is 17.0. The number of aromatic amines is 1. The highest BCUT2D eigenvalue weighted by molar-refractivity contribution is 5.58. The van der Waals surface area contributed by atoms with Crippen LogP contribution in [-0.2, 0) is 6.54 Å². The van der Waals surface area contributed by atoms with Gasteiger partial charge in [-0.15, -0.1) is 5.10 Å². The minimum Gasteiger partial charge on any atom is -0.352 e. The Balaban J connectivity index is 1.74. The molecule has 0 unspecified atom stereocenters. The summed E-state index contributed by atoms with van der Waals surface area (Å²) in [7, 11) is 5.72. The summed E-state index contributed by atoms with van der Waals surface area (Å²) in [5.74, 6) is 1.21. The summed E-state index contributed by atoms with van der Waals surface area (Å²) in [5, 5.41) is 18.0. The standard InChI is InChI=1S/C19H26N8O/c1-12-13(2)23-24-18(16(12)9-20)27-7-6-15(11-27)26(5)10-14-8-17(28)22-19(21-14)25(3)4/h8,15H,6-7,10-11H2,1-5H3,(H,21,22,28)/t15-/m1/s1. The van der Waals surface area contributed by atoms with Crippen LogP contribution in [0.4, 0.5) is 11.8 Å². The van der Waals surface area contributed by atoms with Crippen molar-refractivity contribution in [3.63, 3.8) is 0 Å². The lowest BCUT2D eigenvalue weighted by Gasteiger charge is -2.25. The lowest BCUT2D eigenvalue weighted by molar-refractivity contribution is 0.247. The summed E-state index contributed by atoms with van der Waals surface area (Å²) in [4.78, 5) is 25.2. The highest BCUT2D eigenvalue weighted by Gasteiger charge is 2.29. The zero-order valence-electron chi connectivity index (χ0n) is 17.0. The van der Waals surface area contributed by atoms with Gasteiger partial charge in [-0.05, 0) is 32.9 Å². The van der Waals surface area contributed by atoms with E-state index in [0.717, 1.165) is 36.5 Å². The maximum absolute atomic E-state index is 11.9. The van der Waals surface area contributed by atoms with Gasteiger partial charge in [0.05, 0.1) is 11.4 Å². The molecule has 148 valence electrons. The van der Waals surface area contributed by atoms with E-state index in [1.165, 1.54) is 0 Å². The zero-order chi connectivity index (χ0) is 20.4. The molecule has 0 saturated carbocycles. The van der Waals surface area contributed by atoms with E-state index in [-0.39, 0.29) is 11.6 Å². The van der Waals surface area contributed by atoms with E-state index in [1.807, 2.05) is 35.0 Å². The Bertz CT molecular complexity index is 961. The summed E-state index contributed by atoms with van der Waals surface area (Å²) in [6.07, 6.45) is 0.944. The molecule has 1 saturated heterocycles. The van der Waals surface area contributed by atoms with Crippen LogP contribution in [0.25, 0.3) is 0 Å². The van der Waals surface area contributed by atoms with Gasteiger partial charge in [-0.25, -0.2) is 4.98 Å². The molecule has 0 aliphatic carbocycles. The number of nitriles is 1. The Morgan fingerprint density at radius 3 is 2.75 bits per heavy atom. The molecule has 1 aliphatic rings. The van der Waals surface area contributed by atoms with Crippen molar-refractivity contribution < 1.29 is 0 Å². The summed E-state index contributed by atoms with van der Waals surface area (Å²) < 4.78 is 0. The van der Waals surface area contributed by atoms with Crippen molar-refractivity contribution in [1.29, 1.82) is 5.26 Å². The molecule has 0 spiro atoms. The molecule has 2 aromatic heterocycles. The largest absolute Gasteiger partial charge is 0.352 e. The van der Waals surface area contributed by atoms with Crippen molar-refractivity contribution in [3.8, 4) is 6.07 Å². The van der Waals surface area contributed by atoms with Crippen LogP contribution in [0, 0.1) is 25.2 Å². The summed E-state index contributed by atoms with van der Waals surface area (Å²) in [6.45, 7) is 5.92. The summed E-state index contributed by atoms with van der Waals surface area (Å²) >= 11 is 0. The fourth-order valence-electron chi connectivity index (χ4n) is 3.42. The third-order valence-electron chi connectivity index (χ3n) is 5.25. The van der Waals surface area contributed by atoms with Gasteiger partial charge in [-0.2, -0.15) is 10.4 Å². The molecule has 9 heteroatoms. The summed E-state index contributed by atoms with van der Waals surface area (Å²) in [6, 6.07) is 4.10. The van der Waals surface area contributed by atoms with Crippen LogP contribution in [0.3, 0.4) is 0 Å². The number of hydrogen-bond donors (Lipinski definition) is 1. The average Bonchev–Trinajstić information content (AvgIpc) is 3.13. The van der Waals surface area contributed by atoms with Crippen molar-refractivity contribution in [2.24, 2.45) is 0 Å². The maximum Gasteiger partial charge on any atom is 0.252 e. The van der Waals surface area contributed by atoms with Crippen molar-refractivity contribution in [2.75, 3.05) is 44.0 Å². The van der Waals surface area contributed by atoms with Gasteiger partial charge in [0.25, 0.3) is 5.56 Å². The third kappa shape index (κ3) is 3.97. The second kappa shape index (κ2) is 7.94. The first-order valence-corrected chi connectivity index (χ1v) is 9.27. The smallest absolute Gasteiger partial charge is 0.252 e. The van der Waals surface area contributed by atoms with Crippen molar-refractivity contribution >= 4 is 11.8 Å². The van der Waals surface area contributed by atoms with Gasteiger partial charge < -0.3 is 9.80 Å². The van der Waals surface area contributed by atoms with E-state index in [1.54, 1.807) is 11.0 Å². The third-order valence-corrected chi connectivity index (χ3v) is 5.25. The molecular weight excluding hydrogens is 356 g/mol. The van der Waals surface area contributed by atoms with Gasteiger partial charge in [0.15, 0.2) is 5.82 Å². The monoisotopic (exact) mass is 382 g/mol. The minimum atomic E-state index is -0.154. The Morgan fingerprint density at radius 2 is 2.07 bits per heavy atom. The van der Waals surface area contributed by atoms with Crippen LogP contribution in [0.1, 0.15) is 28.9 Å². The predicted octanol–water partition coefficient (Wildman–Crippen LogP) is 0.825. The van der Waals surface area contributed by atoms with Crippen molar-refractivity contribution in [2.45, 2.75) is 32.9 Å². The molecule has 1 N–H and O–H groups in total. The number of nitrogens with zero attached hydrogens (tertiary/aromatic N) is 7. The van der Waals surface area contributed by atoms with Gasteiger partial charge in [0.1, 0.15) is 11.6 Å². The van der Waals surface area contributed by atoms with E-state index in [2.05, 4.69) is 36.0 Å². The van der Waals surface area contributed by atoms with E-state index in [4.69, 9.17) is 0 Å². The predicted molar refractivity (Wildman–Crippen MR) is 107 cm³/mol. The molecule has 0 bridgehead atoms. The lowest BCUT2D eigenvalue weighted by atomic mass is 10.1. The molecule has 1 fully saturated rings. The SMILES string of the molecule is Cc1nnc(N2CC[C@@H](N(C)Cc3cc(=O)[nH]c(N(C)C)n3)C2)c(C#N)c1C. The van der Waals surface area contributed by atoms with Gasteiger partial charge in [-0.3, -0.25) is 14.7 Å². The van der Waals surface area contributed by atoms with Crippen LogP contribution >= 0.6 is 0 Å². The second-order valence-corrected chi connectivity index (χ2v) is 7.48. The van der Waals surface area contributed by atoms with E-state index >= 15 is 0 Å². The topological polar surface area (TPSA) is 105 Å². The van der Waals surface area contributed by atoms with E-state index in [9.17, 15) is 10.1 Å². The molecule has 0 radical (unpaired) electrons. The number of likely N-dealkylation sites (N-methyl/N-ethyl adjacent to an activating group) is 1. The molecule has 1 atom stereocenters. The molecule has 28 heavy (non-hydrogen) atoms. The molecule has 0 aromatic carbocycles. The summed E-state index contributed by atoms with van der Waals surface area (Å²) in [5.41, 5.74) is 2.84. The Kier molecular flexibility index (Phi) is 5.61. The molecule has 9 nitrogen and oxygen atoms in total. The highest BCUT2D eigenvalue weighted by atomic mass is 16.1. The first-order valence-electron chi connectivity index (χ1n) is 9.27. The first kappa shape index (κ1) is 19.8. The van der Waals surface area contributed by atoms with Gasteiger partial charge in [-0.1, -0.05) is 0 Å². The average molecular weight is 382 g/mol. The van der Waals surface area contributed by atoms with E-state index < -0.39 is 0 Å². The normalized spacial score (nSPS) is 16.5. The van der Waals surface area contributed by atoms with Crippen LogP contribution in [-0.4, -0.2) is 65.3 Å². The molecular formula is C19H26N8O. The first-order chi connectivity index (χ1) is 13.3. The van der Waals surface area contributed by atoms with Crippen molar-refractivity contribution in [3.05, 3.63) is 38.9 Å². The Hall–Kier alpha value is -2.99. The minimum absolute atomic E-state index is 0.154. The molecule has 1 aliphatic heterocycles. The molecule has 0 amide bonds. The Labute approximate surface area is 164 Å². The Morgan fingerprint density at radius 1 is 1.32 bits per heavy atom.